The Morgan fingerprint density at radius 2 is 1.19 bits per heavy atom. The molecule has 1 aliphatic heterocycles. The van der Waals surface area contributed by atoms with Gasteiger partial charge in [0, 0.05) is 0 Å². The van der Waals surface area contributed by atoms with Gasteiger partial charge in [-0.1, -0.05) is 36.4 Å². The van der Waals surface area contributed by atoms with Crippen LogP contribution in [0.15, 0.2) is 60.7 Å². The smallest absolute Gasteiger partial charge is 0.338 e. The van der Waals surface area contributed by atoms with Crippen LogP contribution in [0.5, 0.6) is 0 Å². The summed E-state index contributed by atoms with van der Waals surface area (Å²) >= 11 is 0. The Kier molecular flexibility index (Phi) is 5.81. The van der Waals surface area contributed by atoms with Gasteiger partial charge in [0.1, 0.15) is 24.4 Å². The van der Waals surface area contributed by atoms with Crippen LogP contribution in [0, 0.1) is 0 Å². The zero-order chi connectivity index (χ0) is 22.2. The molecule has 0 radical (unpaired) electrons. The van der Waals surface area contributed by atoms with Crippen LogP contribution in [0.1, 0.15) is 34.6 Å². The van der Waals surface area contributed by atoms with Crippen LogP contribution in [-0.4, -0.2) is 64.6 Å². The van der Waals surface area contributed by atoms with Crippen LogP contribution in [0.2, 0.25) is 0 Å². The molecule has 164 valence electrons. The molecule has 1 saturated heterocycles. The van der Waals surface area contributed by atoms with Crippen molar-refractivity contribution in [3.05, 3.63) is 71.8 Å². The standard InChI is InChI=1S/C23H24O8/c1-23(2)30-18-16(25)15(24)17(28-21(26)13-9-5-3-6-10-13)19(20(18)31-23)29-22(27)14-11-7-4-8-12-14/h3-12,15-20,24-25H,1-2H3/t15-,16-,17+,18-,19-,20-/m1/s1. The van der Waals surface area contributed by atoms with Gasteiger partial charge < -0.3 is 29.2 Å². The fourth-order valence-corrected chi connectivity index (χ4v) is 3.91. The summed E-state index contributed by atoms with van der Waals surface area (Å²) in [6.07, 6.45) is -7.45. The third-order valence-corrected chi connectivity index (χ3v) is 5.34. The maximum atomic E-state index is 12.7. The highest BCUT2D eigenvalue weighted by atomic mass is 16.8. The van der Waals surface area contributed by atoms with Gasteiger partial charge in [0.05, 0.1) is 11.1 Å². The van der Waals surface area contributed by atoms with Crippen molar-refractivity contribution in [2.45, 2.75) is 56.3 Å². The van der Waals surface area contributed by atoms with E-state index in [9.17, 15) is 19.8 Å². The Hall–Kier alpha value is -2.78. The van der Waals surface area contributed by atoms with E-state index in [1.165, 1.54) is 0 Å². The zero-order valence-corrected chi connectivity index (χ0v) is 17.1. The highest BCUT2D eigenvalue weighted by Gasteiger charge is 2.60. The molecule has 1 aliphatic carbocycles. The number of fused-ring (bicyclic) bond motifs is 1. The molecular formula is C23H24O8. The average molecular weight is 428 g/mol. The Morgan fingerprint density at radius 1 is 0.742 bits per heavy atom. The molecule has 2 N–H and O–H groups in total. The van der Waals surface area contributed by atoms with Crippen molar-refractivity contribution in [1.29, 1.82) is 0 Å². The van der Waals surface area contributed by atoms with Crippen LogP contribution >= 0.6 is 0 Å². The van der Waals surface area contributed by atoms with Gasteiger partial charge >= 0.3 is 11.9 Å². The van der Waals surface area contributed by atoms with Crippen LogP contribution in [0.25, 0.3) is 0 Å². The minimum Gasteiger partial charge on any atom is -0.452 e. The van der Waals surface area contributed by atoms with E-state index in [0.717, 1.165) is 0 Å². The van der Waals surface area contributed by atoms with Crippen molar-refractivity contribution in [2.75, 3.05) is 0 Å². The highest BCUT2D eigenvalue weighted by Crippen LogP contribution is 2.40. The molecule has 0 aromatic heterocycles. The molecule has 4 rings (SSSR count). The van der Waals surface area contributed by atoms with Crippen molar-refractivity contribution in [3.8, 4) is 0 Å². The van der Waals surface area contributed by atoms with E-state index < -0.39 is 54.3 Å². The first kappa shape index (κ1) is 21.5. The number of carbonyl (C=O) groups is 2. The SMILES string of the molecule is CC1(C)O[C@H]2[C@H](OC(=O)c3ccccc3)[C@@H](OC(=O)c3ccccc3)[C@H](O)[C@@H](O)[C@H]2O1. The summed E-state index contributed by atoms with van der Waals surface area (Å²) in [6, 6.07) is 16.5. The molecule has 8 heteroatoms. The predicted molar refractivity (Wildman–Crippen MR) is 107 cm³/mol. The van der Waals surface area contributed by atoms with Crippen molar-refractivity contribution in [2.24, 2.45) is 0 Å². The molecule has 6 atom stereocenters. The molecule has 0 bridgehead atoms. The number of hydrogen-bond acceptors (Lipinski definition) is 8. The number of esters is 2. The van der Waals surface area contributed by atoms with Gasteiger partial charge in [-0.25, -0.2) is 9.59 Å². The average Bonchev–Trinajstić information content (AvgIpc) is 3.10. The maximum Gasteiger partial charge on any atom is 0.338 e. The molecule has 2 aromatic rings. The summed E-state index contributed by atoms with van der Waals surface area (Å²) in [6.45, 7) is 3.29. The minimum absolute atomic E-state index is 0.253. The van der Waals surface area contributed by atoms with Crippen molar-refractivity contribution >= 4 is 11.9 Å². The van der Waals surface area contributed by atoms with E-state index in [1.54, 1.807) is 74.5 Å². The van der Waals surface area contributed by atoms with Crippen LogP contribution in [0.3, 0.4) is 0 Å². The molecule has 1 saturated carbocycles. The largest absolute Gasteiger partial charge is 0.452 e. The molecule has 0 unspecified atom stereocenters. The van der Waals surface area contributed by atoms with Crippen LogP contribution < -0.4 is 0 Å². The summed E-state index contributed by atoms with van der Waals surface area (Å²) in [4.78, 5) is 25.4. The normalized spacial score (nSPS) is 31.5. The van der Waals surface area contributed by atoms with E-state index in [4.69, 9.17) is 18.9 Å². The van der Waals surface area contributed by atoms with E-state index in [-0.39, 0.29) is 11.1 Å². The fraction of sp³-hybridized carbons (Fsp3) is 0.391. The molecule has 1 heterocycles. The summed E-state index contributed by atoms with van der Waals surface area (Å²) in [5.41, 5.74) is 0.536. The lowest BCUT2D eigenvalue weighted by molar-refractivity contribution is -0.193. The zero-order valence-electron chi connectivity index (χ0n) is 17.1. The molecular weight excluding hydrogens is 404 g/mol. The molecule has 0 spiro atoms. The molecule has 2 aliphatic rings. The third-order valence-electron chi connectivity index (χ3n) is 5.34. The van der Waals surface area contributed by atoms with Crippen molar-refractivity contribution in [3.63, 3.8) is 0 Å². The summed E-state index contributed by atoms with van der Waals surface area (Å²) in [7, 11) is 0. The molecule has 2 aromatic carbocycles. The van der Waals surface area contributed by atoms with Crippen LogP contribution in [0.4, 0.5) is 0 Å². The lowest BCUT2D eigenvalue weighted by Crippen LogP contribution is -2.64. The second kappa shape index (κ2) is 8.39. The predicted octanol–water partition coefficient (Wildman–Crippen LogP) is 1.69. The number of benzene rings is 2. The van der Waals surface area contributed by atoms with Gasteiger partial charge in [0.25, 0.3) is 0 Å². The molecule has 2 fully saturated rings. The Labute approximate surface area is 179 Å². The number of ether oxygens (including phenoxy) is 4. The highest BCUT2D eigenvalue weighted by molar-refractivity contribution is 5.90. The van der Waals surface area contributed by atoms with Gasteiger partial charge in [-0.15, -0.1) is 0 Å². The van der Waals surface area contributed by atoms with Gasteiger partial charge in [-0.2, -0.15) is 0 Å². The van der Waals surface area contributed by atoms with Gasteiger partial charge in [-0.05, 0) is 38.1 Å². The lowest BCUT2D eigenvalue weighted by atomic mass is 9.84. The second-order valence-electron chi connectivity index (χ2n) is 8.02. The van der Waals surface area contributed by atoms with E-state index in [0.29, 0.717) is 0 Å². The maximum absolute atomic E-state index is 12.7. The number of hydrogen-bond donors (Lipinski definition) is 2. The molecule has 0 amide bonds. The lowest BCUT2D eigenvalue weighted by Gasteiger charge is -2.42. The van der Waals surface area contributed by atoms with E-state index >= 15 is 0 Å². The molecule has 31 heavy (non-hydrogen) atoms. The van der Waals surface area contributed by atoms with Crippen molar-refractivity contribution < 1.29 is 38.7 Å². The molecule has 8 nitrogen and oxygen atoms in total. The quantitative estimate of drug-likeness (QED) is 0.708. The Morgan fingerprint density at radius 3 is 1.71 bits per heavy atom. The summed E-state index contributed by atoms with van der Waals surface area (Å²) < 4.78 is 22.8. The summed E-state index contributed by atoms with van der Waals surface area (Å²) in [5.74, 6) is -2.50. The fourth-order valence-electron chi connectivity index (χ4n) is 3.91. The van der Waals surface area contributed by atoms with E-state index in [2.05, 4.69) is 0 Å². The third kappa shape index (κ3) is 4.33. The number of rotatable bonds is 4. The first-order valence-corrected chi connectivity index (χ1v) is 10.0. The number of carbonyl (C=O) groups excluding carboxylic acids is 2. The summed E-state index contributed by atoms with van der Waals surface area (Å²) in [5, 5.41) is 21.4. The van der Waals surface area contributed by atoms with Gasteiger partial charge in [0.2, 0.25) is 0 Å². The Balaban J connectivity index is 1.64. The Bertz CT molecular complexity index is 929. The second-order valence-corrected chi connectivity index (χ2v) is 8.02. The van der Waals surface area contributed by atoms with E-state index in [1.807, 2.05) is 0 Å². The van der Waals surface area contributed by atoms with Gasteiger partial charge in [0.15, 0.2) is 18.0 Å². The van der Waals surface area contributed by atoms with Crippen LogP contribution in [-0.2, 0) is 18.9 Å². The topological polar surface area (TPSA) is 112 Å². The number of aliphatic hydroxyl groups excluding tert-OH is 2. The van der Waals surface area contributed by atoms with Crippen molar-refractivity contribution in [1.82, 2.24) is 0 Å². The first-order valence-electron chi connectivity index (χ1n) is 10.0. The first-order chi connectivity index (χ1) is 14.8. The van der Waals surface area contributed by atoms with Gasteiger partial charge in [-0.3, -0.25) is 0 Å². The number of aliphatic hydroxyl groups is 2. The minimum atomic E-state index is -1.56. The monoisotopic (exact) mass is 428 g/mol.